The molecule has 5 heteroatoms. The van der Waals surface area contributed by atoms with Crippen molar-refractivity contribution < 1.29 is 0 Å². The molecule has 1 aromatic carbocycles. The lowest BCUT2D eigenvalue weighted by Crippen LogP contribution is -2.00. The third-order valence-electron chi connectivity index (χ3n) is 2.23. The summed E-state index contributed by atoms with van der Waals surface area (Å²) in [6.45, 7) is 0.744. The lowest BCUT2D eigenvalue weighted by Gasteiger charge is -2.00. The van der Waals surface area contributed by atoms with E-state index in [0.717, 1.165) is 24.9 Å². The molecule has 1 aromatic heterocycles. The van der Waals surface area contributed by atoms with Crippen LogP contribution in [0.4, 0.5) is 0 Å². The first-order valence-corrected chi connectivity index (χ1v) is 4.53. The smallest absolute Gasteiger partial charge is 0.0653 e. The highest BCUT2D eigenvalue weighted by Crippen LogP contribution is 2.16. The molecule has 0 spiro atoms. The summed E-state index contributed by atoms with van der Waals surface area (Å²) in [5, 5.41) is 8.19. The highest BCUT2D eigenvalue weighted by atomic mass is 35.5. The highest BCUT2D eigenvalue weighted by molar-refractivity contribution is 5.85. The molecular formula is C10H15Cl2N3. The molecule has 0 radical (unpaired) electrons. The van der Waals surface area contributed by atoms with Crippen LogP contribution < -0.4 is 5.73 Å². The molecule has 0 aliphatic carbocycles. The van der Waals surface area contributed by atoms with Crippen LogP contribution in [0.15, 0.2) is 24.4 Å². The first-order chi connectivity index (χ1) is 6.42. The number of rotatable bonds is 3. The van der Waals surface area contributed by atoms with E-state index >= 15 is 0 Å². The fourth-order valence-corrected chi connectivity index (χ4v) is 1.54. The predicted molar refractivity (Wildman–Crippen MR) is 68.0 cm³/mol. The molecule has 15 heavy (non-hydrogen) atoms. The number of halogens is 2. The molecule has 0 unspecified atom stereocenters. The Kier molecular flexibility index (Phi) is 6.32. The minimum Gasteiger partial charge on any atom is -0.330 e. The average Bonchev–Trinajstić information content (AvgIpc) is 2.62. The van der Waals surface area contributed by atoms with Gasteiger partial charge in [0.1, 0.15) is 0 Å². The molecule has 2 aromatic rings. The lowest BCUT2D eigenvalue weighted by molar-refractivity contribution is 0.837. The Morgan fingerprint density at radius 1 is 1.27 bits per heavy atom. The lowest BCUT2D eigenvalue weighted by atomic mass is 10.1. The quantitative estimate of drug-likeness (QED) is 0.875. The summed E-state index contributed by atoms with van der Waals surface area (Å²) in [5.41, 5.74) is 7.91. The molecule has 1 heterocycles. The van der Waals surface area contributed by atoms with Gasteiger partial charge in [-0.2, -0.15) is 5.10 Å². The van der Waals surface area contributed by atoms with Gasteiger partial charge in [-0.05, 0) is 31.0 Å². The molecule has 0 fully saturated rings. The van der Waals surface area contributed by atoms with Crippen LogP contribution in [0.1, 0.15) is 12.0 Å². The fraction of sp³-hybridized carbons (Fsp3) is 0.300. The zero-order valence-corrected chi connectivity index (χ0v) is 9.90. The molecule has 3 nitrogen and oxygen atoms in total. The predicted octanol–water partition coefficient (Wildman–Crippen LogP) is 2.30. The van der Waals surface area contributed by atoms with Crippen LogP contribution in [0.25, 0.3) is 10.9 Å². The number of aryl methyl sites for hydroxylation is 1. The van der Waals surface area contributed by atoms with Gasteiger partial charge in [0.15, 0.2) is 0 Å². The molecule has 0 bridgehead atoms. The number of benzene rings is 1. The Labute approximate surface area is 101 Å². The zero-order valence-electron chi connectivity index (χ0n) is 8.27. The number of fused-ring (bicyclic) bond motifs is 1. The second-order valence-corrected chi connectivity index (χ2v) is 3.14. The maximum atomic E-state index is 5.47. The van der Waals surface area contributed by atoms with Crippen molar-refractivity contribution in [3.8, 4) is 0 Å². The molecular weight excluding hydrogens is 233 g/mol. The van der Waals surface area contributed by atoms with Crippen molar-refractivity contribution in [3.63, 3.8) is 0 Å². The van der Waals surface area contributed by atoms with Crippen molar-refractivity contribution in [1.82, 2.24) is 10.2 Å². The van der Waals surface area contributed by atoms with Crippen LogP contribution >= 0.6 is 24.8 Å². The Hall–Kier alpha value is -0.770. The van der Waals surface area contributed by atoms with Crippen LogP contribution in [0.3, 0.4) is 0 Å². The van der Waals surface area contributed by atoms with Crippen LogP contribution in [-0.4, -0.2) is 16.7 Å². The molecule has 84 valence electrons. The minimum absolute atomic E-state index is 0. The molecule has 3 N–H and O–H groups in total. The van der Waals surface area contributed by atoms with Crippen LogP contribution in [-0.2, 0) is 6.42 Å². The third-order valence-corrected chi connectivity index (χ3v) is 2.23. The number of H-pyrrole nitrogens is 1. The normalized spacial score (nSPS) is 9.40. The first kappa shape index (κ1) is 14.2. The van der Waals surface area contributed by atoms with Gasteiger partial charge in [0.25, 0.3) is 0 Å². The number of nitrogens with one attached hydrogen (secondary N) is 1. The average molecular weight is 248 g/mol. The second kappa shape index (κ2) is 6.67. The van der Waals surface area contributed by atoms with Gasteiger partial charge in [-0.15, -0.1) is 24.8 Å². The van der Waals surface area contributed by atoms with Crippen molar-refractivity contribution in [3.05, 3.63) is 30.0 Å². The molecule has 0 atom stereocenters. The van der Waals surface area contributed by atoms with Gasteiger partial charge in [-0.25, -0.2) is 0 Å². The Balaban J connectivity index is 0.000000980. The van der Waals surface area contributed by atoms with E-state index in [-0.39, 0.29) is 24.8 Å². The Bertz CT molecular complexity index is 400. The van der Waals surface area contributed by atoms with Crippen LogP contribution in [0.2, 0.25) is 0 Å². The van der Waals surface area contributed by atoms with Crippen LogP contribution in [0.5, 0.6) is 0 Å². The number of hydrogen-bond donors (Lipinski definition) is 2. The Morgan fingerprint density at radius 2 is 2.07 bits per heavy atom. The molecule has 2 rings (SSSR count). The maximum Gasteiger partial charge on any atom is 0.0653 e. The van der Waals surface area contributed by atoms with E-state index in [2.05, 4.69) is 16.3 Å². The topological polar surface area (TPSA) is 54.7 Å². The van der Waals surface area contributed by atoms with E-state index in [1.54, 1.807) is 0 Å². The SMILES string of the molecule is Cl.Cl.NCCCc1cccc2[nH]ncc12. The van der Waals surface area contributed by atoms with E-state index in [4.69, 9.17) is 5.73 Å². The van der Waals surface area contributed by atoms with Gasteiger partial charge in [0, 0.05) is 5.39 Å². The van der Waals surface area contributed by atoms with E-state index < -0.39 is 0 Å². The van der Waals surface area contributed by atoms with Crippen molar-refractivity contribution in [2.75, 3.05) is 6.54 Å². The molecule has 0 saturated heterocycles. The first-order valence-electron chi connectivity index (χ1n) is 4.53. The van der Waals surface area contributed by atoms with Gasteiger partial charge in [0.2, 0.25) is 0 Å². The number of nitrogens with two attached hydrogens (primary N) is 1. The number of aromatic amines is 1. The highest BCUT2D eigenvalue weighted by Gasteiger charge is 2.00. The largest absolute Gasteiger partial charge is 0.330 e. The van der Waals surface area contributed by atoms with Gasteiger partial charge >= 0.3 is 0 Å². The van der Waals surface area contributed by atoms with E-state index in [1.807, 2.05) is 18.3 Å². The molecule has 0 saturated carbocycles. The number of nitrogens with zero attached hydrogens (tertiary/aromatic N) is 1. The summed E-state index contributed by atoms with van der Waals surface area (Å²) in [7, 11) is 0. The standard InChI is InChI=1S/C10H13N3.2ClH/c11-6-2-4-8-3-1-5-10-9(8)7-12-13-10;;/h1,3,5,7H,2,4,6,11H2,(H,12,13);2*1H. The summed E-state index contributed by atoms with van der Waals surface area (Å²) in [5.74, 6) is 0. The molecule has 0 amide bonds. The summed E-state index contributed by atoms with van der Waals surface area (Å²) in [4.78, 5) is 0. The Morgan fingerprint density at radius 3 is 2.80 bits per heavy atom. The zero-order chi connectivity index (χ0) is 9.10. The van der Waals surface area contributed by atoms with Crippen molar-refractivity contribution in [2.24, 2.45) is 5.73 Å². The van der Waals surface area contributed by atoms with E-state index in [1.165, 1.54) is 10.9 Å². The fourth-order valence-electron chi connectivity index (χ4n) is 1.54. The number of hydrogen-bond acceptors (Lipinski definition) is 2. The van der Waals surface area contributed by atoms with Gasteiger partial charge in [0.05, 0.1) is 11.7 Å². The van der Waals surface area contributed by atoms with Crippen molar-refractivity contribution in [1.29, 1.82) is 0 Å². The van der Waals surface area contributed by atoms with Crippen LogP contribution in [0, 0.1) is 0 Å². The minimum atomic E-state index is 0. The summed E-state index contributed by atoms with van der Waals surface area (Å²) < 4.78 is 0. The summed E-state index contributed by atoms with van der Waals surface area (Å²) in [6.07, 6.45) is 3.94. The molecule has 0 aliphatic rings. The molecule has 0 aliphatic heterocycles. The summed E-state index contributed by atoms with van der Waals surface area (Å²) in [6, 6.07) is 6.22. The maximum absolute atomic E-state index is 5.47. The monoisotopic (exact) mass is 247 g/mol. The third kappa shape index (κ3) is 3.09. The summed E-state index contributed by atoms with van der Waals surface area (Å²) >= 11 is 0. The second-order valence-electron chi connectivity index (χ2n) is 3.14. The van der Waals surface area contributed by atoms with Gasteiger partial charge < -0.3 is 5.73 Å². The van der Waals surface area contributed by atoms with Crippen molar-refractivity contribution >= 4 is 35.7 Å². The van der Waals surface area contributed by atoms with Gasteiger partial charge in [-0.1, -0.05) is 12.1 Å². The van der Waals surface area contributed by atoms with Gasteiger partial charge in [-0.3, -0.25) is 5.10 Å². The van der Waals surface area contributed by atoms with Crippen molar-refractivity contribution in [2.45, 2.75) is 12.8 Å². The number of aromatic nitrogens is 2. The van der Waals surface area contributed by atoms with E-state index in [9.17, 15) is 0 Å². The van der Waals surface area contributed by atoms with E-state index in [0.29, 0.717) is 0 Å².